The number of thiophene rings is 1. The van der Waals surface area contributed by atoms with Crippen LogP contribution in [0.3, 0.4) is 0 Å². The van der Waals surface area contributed by atoms with E-state index in [4.69, 9.17) is 5.11 Å². The van der Waals surface area contributed by atoms with Gasteiger partial charge in [-0.15, -0.1) is 0 Å². The van der Waals surface area contributed by atoms with Gasteiger partial charge >= 0.3 is 5.97 Å². The highest BCUT2D eigenvalue weighted by Gasteiger charge is 2.08. The van der Waals surface area contributed by atoms with E-state index in [9.17, 15) is 9.59 Å². The van der Waals surface area contributed by atoms with Crippen LogP contribution in [0.5, 0.6) is 0 Å². The number of carboxylic acids is 1. The zero-order valence-corrected chi connectivity index (χ0v) is 10.1. The SMILES string of the molecule is O=C(Cc1ccsc1)Nc1cccc(C(=O)O)n1. The summed E-state index contributed by atoms with van der Waals surface area (Å²) in [5.41, 5.74) is 0.829. The minimum absolute atomic E-state index is 0.0941. The molecule has 0 radical (unpaired) electrons. The van der Waals surface area contributed by atoms with Crippen molar-refractivity contribution in [2.45, 2.75) is 6.42 Å². The molecule has 2 N–H and O–H groups in total. The number of aromatic carboxylic acids is 1. The first kappa shape index (κ1) is 12.3. The van der Waals surface area contributed by atoms with E-state index in [1.807, 2.05) is 16.8 Å². The number of nitrogens with zero attached hydrogens (tertiary/aromatic N) is 1. The van der Waals surface area contributed by atoms with Crippen LogP contribution in [-0.4, -0.2) is 22.0 Å². The Hall–Kier alpha value is -2.21. The second kappa shape index (κ2) is 5.42. The summed E-state index contributed by atoms with van der Waals surface area (Å²) in [6, 6.07) is 6.33. The number of amides is 1. The van der Waals surface area contributed by atoms with Crippen LogP contribution in [0.4, 0.5) is 5.82 Å². The van der Waals surface area contributed by atoms with Crippen molar-refractivity contribution < 1.29 is 14.7 Å². The molecule has 1 amide bonds. The van der Waals surface area contributed by atoms with Gasteiger partial charge < -0.3 is 10.4 Å². The number of carboxylic acid groups (broad SMARTS) is 1. The molecule has 5 nitrogen and oxygen atoms in total. The third kappa shape index (κ3) is 3.14. The van der Waals surface area contributed by atoms with Gasteiger partial charge in [-0.25, -0.2) is 9.78 Å². The molecular formula is C12H10N2O3S. The van der Waals surface area contributed by atoms with Crippen LogP contribution in [0, 0.1) is 0 Å². The summed E-state index contributed by atoms with van der Waals surface area (Å²) >= 11 is 1.52. The van der Waals surface area contributed by atoms with E-state index in [1.54, 1.807) is 6.07 Å². The number of rotatable bonds is 4. The Labute approximate surface area is 107 Å². The van der Waals surface area contributed by atoms with Gasteiger partial charge in [0.15, 0.2) is 5.69 Å². The molecule has 18 heavy (non-hydrogen) atoms. The quantitative estimate of drug-likeness (QED) is 0.883. The number of pyridine rings is 1. The maximum absolute atomic E-state index is 11.7. The van der Waals surface area contributed by atoms with Crippen LogP contribution < -0.4 is 5.32 Å². The van der Waals surface area contributed by atoms with Crippen LogP contribution in [-0.2, 0) is 11.2 Å². The molecule has 2 rings (SSSR count). The first-order chi connectivity index (χ1) is 8.65. The van der Waals surface area contributed by atoms with E-state index < -0.39 is 5.97 Å². The normalized spacial score (nSPS) is 10.0. The van der Waals surface area contributed by atoms with E-state index in [2.05, 4.69) is 10.3 Å². The van der Waals surface area contributed by atoms with Crippen molar-refractivity contribution >= 4 is 29.0 Å². The van der Waals surface area contributed by atoms with Crippen molar-refractivity contribution in [2.24, 2.45) is 0 Å². The third-order valence-corrected chi connectivity index (χ3v) is 2.91. The molecule has 0 saturated carbocycles. The van der Waals surface area contributed by atoms with E-state index in [0.717, 1.165) is 5.56 Å². The highest BCUT2D eigenvalue weighted by molar-refractivity contribution is 7.08. The Balaban J connectivity index is 2.03. The van der Waals surface area contributed by atoms with Crippen molar-refractivity contribution in [1.29, 1.82) is 0 Å². The van der Waals surface area contributed by atoms with E-state index >= 15 is 0 Å². The standard InChI is InChI=1S/C12H10N2O3S/c15-11(6-8-4-5-18-7-8)14-10-3-1-2-9(13-10)12(16)17/h1-5,7H,6H2,(H,16,17)(H,13,14,15). The fourth-order valence-electron chi connectivity index (χ4n) is 1.39. The number of aromatic nitrogens is 1. The van der Waals surface area contributed by atoms with Crippen LogP contribution in [0.25, 0.3) is 0 Å². The predicted octanol–water partition coefficient (Wildman–Crippen LogP) is 2.02. The Morgan fingerprint density at radius 3 is 2.83 bits per heavy atom. The second-order valence-corrected chi connectivity index (χ2v) is 4.35. The third-order valence-electron chi connectivity index (χ3n) is 2.18. The lowest BCUT2D eigenvalue weighted by molar-refractivity contribution is -0.115. The number of carbonyl (C=O) groups is 2. The molecule has 0 fully saturated rings. The summed E-state index contributed by atoms with van der Waals surface area (Å²) in [6.07, 6.45) is 0.252. The maximum Gasteiger partial charge on any atom is 0.354 e. The maximum atomic E-state index is 11.7. The molecule has 6 heteroatoms. The van der Waals surface area contributed by atoms with Crippen LogP contribution in [0.2, 0.25) is 0 Å². The number of hydrogen-bond donors (Lipinski definition) is 2. The predicted molar refractivity (Wildman–Crippen MR) is 67.8 cm³/mol. The highest BCUT2D eigenvalue weighted by atomic mass is 32.1. The summed E-state index contributed by atoms with van der Waals surface area (Å²) in [7, 11) is 0. The molecule has 0 spiro atoms. The van der Waals surface area contributed by atoms with Gasteiger partial charge in [-0.2, -0.15) is 11.3 Å². The fraction of sp³-hybridized carbons (Fsp3) is 0.0833. The molecule has 2 aromatic rings. The molecule has 0 aliphatic rings. The van der Waals surface area contributed by atoms with E-state index in [-0.39, 0.29) is 23.8 Å². The second-order valence-electron chi connectivity index (χ2n) is 3.57. The first-order valence-corrected chi connectivity index (χ1v) is 6.11. The summed E-state index contributed by atoms with van der Waals surface area (Å²) in [6.45, 7) is 0. The molecule has 0 saturated heterocycles. The average Bonchev–Trinajstić information content (AvgIpc) is 2.82. The lowest BCUT2D eigenvalue weighted by atomic mass is 10.2. The molecule has 2 aromatic heterocycles. The minimum Gasteiger partial charge on any atom is -0.477 e. The van der Waals surface area contributed by atoms with Gasteiger partial charge in [-0.1, -0.05) is 6.07 Å². The zero-order chi connectivity index (χ0) is 13.0. The van der Waals surface area contributed by atoms with Gasteiger partial charge in [0.2, 0.25) is 5.91 Å². The minimum atomic E-state index is -1.12. The molecule has 0 aromatic carbocycles. The summed E-state index contributed by atoms with van der Waals surface area (Å²) < 4.78 is 0. The Morgan fingerprint density at radius 1 is 1.33 bits per heavy atom. The van der Waals surface area contributed by atoms with E-state index in [1.165, 1.54) is 23.5 Å². The Kier molecular flexibility index (Phi) is 3.69. The van der Waals surface area contributed by atoms with Crippen molar-refractivity contribution in [1.82, 2.24) is 4.98 Å². The van der Waals surface area contributed by atoms with Gasteiger partial charge in [-0.05, 0) is 34.5 Å². The van der Waals surface area contributed by atoms with Crippen LogP contribution in [0.15, 0.2) is 35.0 Å². The van der Waals surface area contributed by atoms with Crippen LogP contribution >= 0.6 is 11.3 Å². The van der Waals surface area contributed by atoms with Crippen molar-refractivity contribution in [3.63, 3.8) is 0 Å². The molecule has 0 atom stereocenters. The van der Waals surface area contributed by atoms with Crippen LogP contribution in [0.1, 0.15) is 16.1 Å². The molecule has 92 valence electrons. The van der Waals surface area contributed by atoms with Gasteiger partial charge in [0.1, 0.15) is 5.82 Å². The Bertz CT molecular complexity index is 566. The summed E-state index contributed by atoms with van der Waals surface area (Å²) in [4.78, 5) is 26.2. The first-order valence-electron chi connectivity index (χ1n) is 5.16. The van der Waals surface area contributed by atoms with Gasteiger partial charge in [0.25, 0.3) is 0 Å². The molecule has 0 bridgehead atoms. The Morgan fingerprint density at radius 2 is 2.17 bits per heavy atom. The van der Waals surface area contributed by atoms with Gasteiger partial charge in [0, 0.05) is 0 Å². The topological polar surface area (TPSA) is 79.3 Å². The number of nitrogens with one attached hydrogen (secondary N) is 1. The molecule has 0 unspecified atom stereocenters. The average molecular weight is 262 g/mol. The molecule has 2 heterocycles. The number of anilines is 1. The van der Waals surface area contributed by atoms with Crippen molar-refractivity contribution in [3.8, 4) is 0 Å². The molecule has 0 aliphatic heterocycles. The summed E-state index contributed by atoms with van der Waals surface area (Å²) in [5, 5.41) is 15.1. The van der Waals surface area contributed by atoms with Gasteiger partial charge in [0.05, 0.1) is 6.42 Å². The molecule has 0 aliphatic carbocycles. The van der Waals surface area contributed by atoms with E-state index in [0.29, 0.717) is 0 Å². The highest BCUT2D eigenvalue weighted by Crippen LogP contribution is 2.09. The van der Waals surface area contributed by atoms with Crippen molar-refractivity contribution in [2.75, 3.05) is 5.32 Å². The van der Waals surface area contributed by atoms with Crippen molar-refractivity contribution in [3.05, 3.63) is 46.3 Å². The number of hydrogen-bond acceptors (Lipinski definition) is 4. The summed E-state index contributed by atoms with van der Waals surface area (Å²) in [5.74, 6) is -1.09. The lowest BCUT2D eigenvalue weighted by Gasteiger charge is -2.04. The fourth-order valence-corrected chi connectivity index (χ4v) is 2.06. The monoisotopic (exact) mass is 262 g/mol. The van der Waals surface area contributed by atoms with Gasteiger partial charge in [-0.3, -0.25) is 4.79 Å². The molecular weight excluding hydrogens is 252 g/mol. The number of carbonyl (C=O) groups excluding carboxylic acids is 1. The zero-order valence-electron chi connectivity index (χ0n) is 9.29. The lowest BCUT2D eigenvalue weighted by Crippen LogP contribution is -2.15. The smallest absolute Gasteiger partial charge is 0.354 e. The largest absolute Gasteiger partial charge is 0.477 e.